The van der Waals surface area contributed by atoms with E-state index in [0.29, 0.717) is 12.4 Å². The third-order valence-corrected chi connectivity index (χ3v) is 2.30. The maximum atomic E-state index is 11.2. The first-order valence-electron chi connectivity index (χ1n) is 4.99. The number of aromatic nitrogens is 1. The molecule has 16 heavy (non-hydrogen) atoms. The van der Waals surface area contributed by atoms with E-state index in [1.165, 1.54) is 7.11 Å². The van der Waals surface area contributed by atoms with Crippen LogP contribution in [0.3, 0.4) is 0 Å². The lowest BCUT2D eigenvalue weighted by Gasteiger charge is -2.13. The summed E-state index contributed by atoms with van der Waals surface area (Å²) in [5, 5.41) is 0. The summed E-state index contributed by atoms with van der Waals surface area (Å²) >= 11 is 0. The number of nitrogens with two attached hydrogens (primary N) is 1. The maximum Gasteiger partial charge on any atom is 0.306 e. The highest BCUT2D eigenvalue weighted by Gasteiger charge is 2.16. The molecule has 5 heteroatoms. The Hall–Kier alpha value is -1.62. The third kappa shape index (κ3) is 3.20. The summed E-state index contributed by atoms with van der Waals surface area (Å²) in [5.74, 6) is 0.0865. The predicted octanol–water partition coefficient (Wildman–Crippen LogP) is 0.696. The van der Waals surface area contributed by atoms with Crippen molar-refractivity contribution >= 4 is 5.97 Å². The van der Waals surface area contributed by atoms with Gasteiger partial charge in [-0.2, -0.15) is 0 Å². The van der Waals surface area contributed by atoms with Crippen molar-refractivity contribution in [3.63, 3.8) is 0 Å². The molecule has 0 saturated heterocycles. The number of carbonyl (C=O) groups excluding carboxylic acids is 1. The fraction of sp³-hybridized carbons (Fsp3) is 0.455. The van der Waals surface area contributed by atoms with Crippen LogP contribution < -0.4 is 10.5 Å². The second kappa shape index (κ2) is 6.07. The summed E-state index contributed by atoms with van der Waals surface area (Å²) in [6, 6.07) is 5.39. The number of hydrogen-bond donors (Lipinski definition) is 1. The molecule has 1 atom stereocenters. The van der Waals surface area contributed by atoms with Crippen molar-refractivity contribution in [1.29, 1.82) is 0 Å². The Morgan fingerprint density at radius 1 is 1.50 bits per heavy atom. The van der Waals surface area contributed by atoms with Gasteiger partial charge in [0.05, 0.1) is 20.6 Å². The summed E-state index contributed by atoms with van der Waals surface area (Å²) in [5.41, 5.74) is 6.35. The highest BCUT2D eigenvalue weighted by molar-refractivity contribution is 5.70. The van der Waals surface area contributed by atoms with Gasteiger partial charge in [0.2, 0.25) is 5.88 Å². The first-order valence-corrected chi connectivity index (χ1v) is 4.99. The number of hydrogen-bond acceptors (Lipinski definition) is 5. The summed E-state index contributed by atoms with van der Waals surface area (Å²) in [4.78, 5) is 15.4. The van der Waals surface area contributed by atoms with Gasteiger partial charge in [-0.25, -0.2) is 4.98 Å². The van der Waals surface area contributed by atoms with E-state index in [2.05, 4.69) is 9.72 Å². The Labute approximate surface area is 94.6 Å². The Balaban J connectivity index is 2.81. The molecule has 0 amide bonds. The molecule has 0 bridgehead atoms. The van der Waals surface area contributed by atoms with E-state index in [4.69, 9.17) is 10.5 Å². The fourth-order valence-corrected chi connectivity index (χ4v) is 1.37. The zero-order valence-electron chi connectivity index (χ0n) is 9.47. The van der Waals surface area contributed by atoms with Crippen LogP contribution in [0.5, 0.6) is 5.88 Å². The van der Waals surface area contributed by atoms with Crippen molar-refractivity contribution in [1.82, 2.24) is 4.98 Å². The van der Waals surface area contributed by atoms with Crippen molar-refractivity contribution in [3.8, 4) is 5.88 Å². The largest absolute Gasteiger partial charge is 0.481 e. The summed E-state index contributed by atoms with van der Waals surface area (Å²) in [6.45, 7) is 0.343. The van der Waals surface area contributed by atoms with Gasteiger partial charge < -0.3 is 15.2 Å². The smallest absolute Gasteiger partial charge is 0.306 e. The lowest BCUT2D eigenvalue weighted by atomic mass is 10.0. The molecule has 0 aliphatic carbocycles. The minimum atomic E-state index is -0.292. The van der Waals surface area contributed by atoms with Gasteiger partial charge >= 0.3 is 5.97 Å². The SMILES string of the molecule is COC(=O)CC(CN)c1cccc(OC)n1. The van der Waals surface area contributed by atoms with E-state index in [0.717, 1.165) is 5.69 Å². The maximum absolute atomic E-state index is 11.2. The zero-order chi connectivity index (χ0) is 12.0. The van der Waals surface area contributed by atoms with E-state index in [-0.39, 0.29) is 18.3 Å². The minimum Gasteiger partial charge on any atom is -0.481 e. The second-order valence-corrected chi connectivity index (χ2v) is 3.32. The van der Waals surface area contributed by atoms with Crippen LogP contribution in [0.4, 0.5) is 0 Å². The molecule has 88 valence electrons. The minimum absolute atomic E-state index is 0.137. The molecule has 0 spiro atoms. The molecule has 0 aromatic carbocycles. The van der Waals surface area contributed by atoms with Crippen LogP contribution in [0.25, 0.3) is 0 Å². The standard InChI is InChI=1S/C11H16N2O3/c1-15-10-5-3-4-9(13-10)8(7-12)6-11(14)16-2/h3-5,8H,6-7,12H2,1-2H3. The molecule has 5 nitrogen and oxygen atoms in total. The topological polar surface area (TPSA) is 74.4 Å². The number of pyridine rings is 1. The van der Waals surface area contributed by atoms with E-state index >= 15 is 0 Å². The van der Waals surface area contributed by atoms with Gasteiger partial charge in [0, 0.05) is 24.2 Å². The predicted molar refractivity (Wildman–Crippen MR) is 59.2 cm³/mol. The number of nitrogens with zero attached hydrogens (tertiary/aromatic N) is 1. The van der Waals surface area contributed by atoms with Gasteiger partial charge in [-0.05, 0) is 6.07 Å². The summed E-state index contributed by atoms with van der Waals surface area (Å²) < 4.78 is 9.62. The van der Waals surface area contributed by atoms with Crippen LogP contribution in [0.2, 0.25) is 0 Å². The van der Waals surface area contributed by atoms with Gasteiger partial charge in [-0.15, -0.1) is 0 Å². The number of ether oxygens (including phenoxy) is 2. The number of rotatable bonds is 5. The van der Waals surface area contributed by atoms with Gasteiger partial charge in [0.1, 0.15) is 0 Å². The average molecular weight is 224 g/mol. The normalized spacial score (nSPS) is 11.9. The fourth-order valence-electron chi connectivity index (χ4n) is 1.37. The third-order valence-electron chi connectivity index (χ3n) is 2.30. The molecule has 0 radical (unpaired) electrons. The molecule has 1 aromatic rings. The average Bonchev–Trinajstić information content (AvgIpc) is 2.35. The van der Waals surface area contributed by atoms with Crippen molar-refractivity contribution in [2.75, 3.05) is 20.8 Å². The van der Waals surface area contributed by atoms with Crippen LogP contribution in [0.15, 0.2) is 18.2 Å². The molecule has 0 fully saturated rings. The number of carbonyl (C=O) groups is 1. The van der Waals surface area contributed by atoms with E-state index in [1.807, 2.05) is 12.1 Å². The summed E-state index contributed by atoms with van der Waals surface area (Å²) in [7, 11) is 2.90. The molecule has 0 aliphatic heterocycles. The van der Waals surface area contributed by atoms with Crippen molar-refractivity contribution in [2.24, 2.45) is 5.73 Å². The Morgan fingerprint density at radius 2 is 2.25 bits per heavy atom. The first-order chi connectivity index (χ1) is 7.71. The molecule has 1 aromatic heterocycles. The van der Waals surface area contributed by atoms with Gasteiger partial charge in [-0.1, -0.05) is 6.07 Å². The molecular weight excluding hydrogens is 208 g/mol. The van der Waals surface area contributed by atoms with E-state index < -0.39 is 0 Å². The first kappa shape index (κ1) is 12.4. The van der Waals surface area contributed by atoms with E-state index in [9.17, 15) is 4.79 Å². The second-order valence-electron chi connectivity index (χ2n) is 3.32. The van der Waals surface area contributed by atoms with Crippen LogP contribution in [-0.4, -0.2) is 31.7 Å². The molecule has 1 rings (SSSR count). The van der Waals surface area contributed by atoms with Gasteiger partial charge in [0.25, 0.3) is 0 Å². The van der Waals surface area contributed by atoms with Crippen LogP contribution in [0.1, 0.15) is 18.0 Å². The molecule has 0 aliphatic rings. The summed E-state index contributed by atoms with van der Waals surface area (Å²) in [6.07, 6.45) is 0.229. The van der Waals surface area contributed by atoms with Crippen molar-refractivity contribution < 1.29 is 14.3 Å². The molecular formula is C11H16N2O3. The van der Waals surface area contributed by atoms with Gasteiger partial charge in [0.15, 0.2) is 0 Å². The lowest BCUT2D eigenvalue weighted by molar-refractivity contribution is -0.141. The lowest BCUT2D eigenvalue weighted by Crippen LogP contribution is -2.18. The van der Waals surface area contributed by atoms with E-state index in [1.54, 1.807) is 13.2 Å². The zero-order valence-corrected chi connectivity index (χ0v) is 9.47. The Kier molecular flexibility index (Phi) is 4.72. The van der Waals surface area contributed by atoms with Crippen LogP contribution >= 0.6 is 0 Å². The number of esters is 1. The Bertz CT molecular complexity index is 355. The molecule has 2 N–H and O–H groups in total. The van der Waals surface area contributed by atoms with Crippen LogP contribution in [-0.2, 0) is 9.53 Å². The molecule has 1 heterocycles. The quantitative estimate of drug-likeness (QED) is 0.745. The highest BCUT2D eigenvalue weighted by atomic mass is 16.5. The van der Waals surface area contributed by atoms with Crippen molar-refractivity contribution in [2.45, 2.75) is 12.3 Å². The van der Waals surface area contributed by atoms with Crippen molar-refractivity contribution in [3.05, 3.63) is 23.9 Å². The highest BCUT2D eigenvalue weighted by Crippen LogP contribution is 2.19. The molecule has 1 unspecified atom stereocenters. The van der Waals surface area contributed by atoms with Gasteiger partial charge in [-0.3, -0.25) is 4.79 Å². The van der Waals surface area contributed by atoms with Crippen LogP contribution in [0, 0.1) is 0 Å². The number of methoxy groups -OCH3 is 2. The Morgan fingerprint density at radius 3 is 2.81 bits per heavy atom. The monoisotopic (exact) mass is 224 g/mol. The molecule has 0 saturated carbocycles.